The minimum Gasteiger partial charge on any atom is -0.314 e. The number of rotatable bonds is 3. The Hall–Kier alpha value is -1.62. The van der Waals surface area contributed by atoms with E-state index in [9.17, 15) is 10.1 Å². The maximum absolute atomic E-state index is 10.7. The molecule has 0 atom stereocenters. The van der Waals surface area contributed by atoms with E-state index in [0.29, 0.717) is 16.7 Å². The number of aromatic nitrogens is 2. The summed E-state index contributed by atoms with van der Waals surface area (Å²) < 4.78 is 1.87. The van der Waals surface area contributed by atoms with Gasteiger partial charge in [0.1, 0.15) is 0 Å². The number of nitro groups is 1. The molecule has 0 saturated heterocycles. The van der Waals surface area contributed by atoms with Crippen LogP contribution in [0.4, 0.5) is 5.69 Å². The predicted molar refractivity (Wildman–Crippen MR) is 66.2 cm³/mol. The molecule has 90 valence electrons. The van der Waals surface area contributed by atoms with Crippen molar-refractivity contribution in [3.05, 3.63) is 33.6 Å². The number of fused-ring (bicyclic) bond motifs is 1. The highest BCUT2D eigenvalue weighted by molar-refractivity contribution is 6.29. The molecule has 6 heteroatoms. The fraction of sp³-hybridized carbons (Fsp3) is 0.364. The smallest absolute Gasteiger partial charge is 0.271 e. The number of imidazole rings is 1. The lowest BCUT2D eigenvalue weighted by Gasteiger charge is -2.08. The first kappa shape index (κ1) is 11.9. The van der Waals surface area contributed by atoms with Crippen molar-refractivity contribution in [2.24, 2.45) is 5.92 Å². The van der Waals surface area contributed by atoms with Crippen molar-refractivity contribution < 1.29 is 4.92 Å². The lowest BCUT2D eigenvalue weighted by molar-refractivity contribution is -0.384. The van der Waals surface area contributed by atoms with Gasteiger partial charge in [-0.2, -0.15) is 0 Å². The van der Waals surface area contributed by atoms with Gasteiger partial charge in [-0.25, -0.2) is 4.98 Å². The van der Waals surface area contributed by atoms with Crippen LogP contribution in [0.2, 0.25) is 5.28 Å². The van der Waals surface area contributed by atoms with Gasteiger partial charge in [0, 0.05) is 18.7 Å². The zero-order valence-electron chi connectivity index (χ0n) is 9.55. The topological polar surface area (TPSA) is 61.0 Å². The second-order valence-corrected chi connectivity index (χ2v) is 4.65. The van der Waals surface area contributed by atoms with Gasteiger partial charge in [0.25, 0.3) is 5.69 Å². The maximum Gasteiger partial charge on any atom is 0.271 e. The van der Waals surface area contributed by atoms with Crippen LogP contribution in [-0.4, -0.2) is 14.5 Å². The van der Waals surface area contributed by atoms with Crippen LogP contribution >= 0.6 is 11.6 Å². The highest BCUT2D eigenvalue weighted by Crippen LogP contribution is 2.24. The highest BCUT2D eigenvalue weighted by atomic mass is 35.5. The fourth-order valence-corrected chi connectivity index (χ4v) is 1.99. The molecule has 0 aliphatic heterocycles. The van der Waals surface area contributed by atoms with E-state index >= 15 is 0 Å². The summed E-state index contributed by atoms with van der Waals surface area (Å²) in [5.41, 5.74) is 1.42. The van der Waals surface area contributed by atoms with Gasteiger partial charge in [0.2, 0.25) is 5.28 Å². The predicted octanol–water partition coefficient (Wildman–Crippen LogP) is 3.25. The summed E-state index contributed by atoms with van der Waals surface area (Å²) >= 11 is 6.03. The fourth-order valence-electron chi connectivity index (χ4n) is 1.74. The lowest BCUT2D eigenvalue weighted by Crippen LogP contribution is -2.04. The third kappa shape index (κ3) is 2.24. The third-order valence-electron chi connectivity index (χ3n) is 2.44. The summed E-state index contributed by atoms with van der Waals surface area (Å²) in [6, 6.07) is 4.60. The van der Waals surface area contributed by atoms with Crippen molar-refractivity contribution >= 4 is 28.3 Å². The van der Waals surface area contributed by atoms with E-state index in [-0.39, 0.29) is 5.69 Å². The molecule has 0 aliphatic carbocycles. The quantitative estimate of drug-likeness (QED) is 0.623. The summed E-state index contributed by atoms with van der Waals surface area (Å²) in [7, 11) is 0. The molecule has 2 aromatic rings. The number of non-ortho nitro benzene ring substituents is 1. The summed E-state index contributed by atoms with van der Waals surface area (Å²) in [6.07, 6.45) is 0. The molecule has 2 rings (SSSR count). The SMILES string of the molecule is CC(C)Cn1c(Cl)nc2cc([N+](=O)[O-])ccc21. The van der Waals surface area contributed by atoms with Gasteiger partial charge in [-0.15, -0.1) is 0 Å². The lowest BCUT2D eigenvalue weighted by atomic mass is 10.2. The van der Waals surface area contributed by atoms with Gasteiger partial charge in [-0.1, -0.05) is 13.8 Å². The third-order valence-corrected chi connectivity index (χ3v) is 2.73. The van der Waals surface area contributed by atoms with E-state index in [4.69, 9.17) is 11.6 Å². The molecule has 0 amide bonds. The number of benzene rings is 1. The molecule has 1 aromatic heterocycles. The van der Waals surface area contributed by atoms with Crippen LogP contribution in [-0.2, 0) is 6.54 Å². The number of nitro benzene ring substituents is 1. The number of nitrogens with zero attached hydrogens (tertiary/aromatic N) is 3. The Morgan fingerprint density at radius 1 is 1.53 bits per heavy atom. The van der Waals surface area contributed by atoms with Crippen molar-refractivity contribution in [3.63, 3.8) is 0 Å². The summed E-state index contributed by atoms with van der Waals surface area (Å²) in [6.45, 7) is 4.90. The molecule has 17 heavy (non-hydrogen) atoms. The van der Waals surface area contributed by atoms with Crippen LogP contribution in [0.1, 0.15) is 13.8 Å². The number of hydrogen-bond acceptors (Lipinski definition) is 3. The van der Waals surface area contributed by atoms with Gasteiger partial charge in [0.05, 0.1) is 16.0 Å². The second-order valence-electron chi connectivity index (χ2n) is 4.32. The van der Waals surface area contributed by atoms with Crippen LogP contribution in [0.15, 0.2) is 18.2 Å². The number of hydrogen-bond donors (Lipinski definition) is 0. The molecular formula is C11H12ClN3O2. The Morgan fingerprint density at radius 3 is 2.82 bits per heavy atom. The van der Waals surface area contributed by atoms with Crippen molar-refractivity contribution in [1.29, 1.82) is 0 Å². The molecule has 0 fully saturated rings. The molecule has 0 spiro atoms. The largest absolute Gasteiger partial charge is 0.314 e. The standard InChI is InChI=1S/C11H12ClN3O2/c1-7(2)6-14-10-4-3-8(15(16)17)5-9(10)13-11(14)12/h3-5,7H,6H2,1-2H3. The molecule has 1 heterocycles. The summed E-state index contributed by atoms with van der Waals surface area (Å²) in [4.78, 5) is 14.3. The van der Waals surface area contributed by atoms with Gasteiger partial charge in [-0.05, 0) is 23.6 Å². The Labute approximate surface area is 103 Å². The molecule has 0 unspecified atom stereocenters. The van der Waals surface area contributed by atoms with Gasteiger partial charge in [0.15, 0.2) is 0 Å². The van der Waals surface area contributed by atoms with E-state index < -0.39 is 4.92 Å². The molecule has 5 nitrogen and oxygen atoms in total. The Bertz CT molecular complexity index is 577. The van der Waals surface area contributed by atoms with Gasteiger partial charge >= 0.3 is 0 Å². The van der Waals surface area contributed by atoms with Crippen LogP contribution in [0.5, 0.6) is 0 Å². The van der Waals surface area contributed by atoms with Crippen molar-refractivity contribution in [3.8, 4) is 0 Å². The average Bonchev–Trinajstić information content (AvgIpc) is 2.54. The number of halogens is 1. The minimum absolute atomic E-state index is 0.0309. The maximum atomic E-state index is 10.7. The normalized spacial score (nSPS) is 11.3. The second kappa shape index (κ2) is 4.33. The van der Waals surface area contributed by atoms with E-state index in [1.54, 1.807) is 6.07 Å². The summed E-state index contributed by atoms with van der Waals surface area (Å²) in [5.74, 6) is 0.431. The summed E-state index contributed by atoms with van der Waals surface area (Å²) in [5, 5.41) is 11.0. The van der Waals surface area contributed by atoms with E-state index in [1.165, 1.54) is 12.1 Å². The van der Waals surface area contributed by atoms with Crippen LogP contribution in [0, 0.1) is 16.0 Å². The zero-order valence-corrected chi connectivity index (χ0v) is 10.3. The highest BCUT2D eigenvalue weighted by Gasteiger charge is 2.13. The van der Waals surface area contributed by atoms with Crippen molar-refractivity contribution in [2.75, 3.05) is 0 Å². The van der Waals surface area contributed by atoms with Crippen molar-refractivity contribution in [1.82, 2.24) is 9.55 Å². The van der Waals surface area contributed by atoms with Crippen molar-refractivity contribution in [2.45, 2.75) is 20.4 Å². The van der Waals surface area contributed by atoms with Crippen LogP contribution < -0.4 is 0 Å². The molecular weight excluding hydrogens is 242 g/mol. The molecule has 0 saturated carbocycles. The van der Waals surface area contributed by atoms with Gasteiger partial charge < -0.3 is 4.57 Å². The van der Waals surface area contributed by atoms with E-state index in [0.717, 1.165) is 12.1 Å². The first-order valence-electron chi connectivity index (χ1n) is 5.29. The molecule has 0 aliphatic rings. The molecule has 0 bridgehead atoms. The molecule has 1 aromatic carbocycles. The monoisotopic (exact) mass is 253 g/mol. The molecule has 0 radical (unpaired) electrons. The van der Waals surface area contributed by atoms with Gasteiger partial charge in [-0.3, -0.25) is 10.1 Å². The minimum atomic E-state index is -0.436. The first-order valence-corrected chi connectivity index (χ1v) is 5.67. The molecule has 0 N–H and O–H groups in total. The van der Waals surface area contributed by atoms with E-state index in [2.05, 4.69) is 18.8 Å². The average molecular weight is 254 g/mol. The Morgan fingerprint density at radius 2 is 2.24 bits per heavy atom. The Kier molecular flexibility index (Phi) is 3.02. The zero-order chi connectivity index (χ0) is 12.6. The first-order chi connectivity index (χ1) is 7.99. The van der Waals surface area contributed by atoms with E-state index in [1.807, 2.05) is 4.57 Å². The van der Waals surface area contributed by atoms with Crippen LogP contribution in [0.25, 0.3) is 11.0 Å². The van der Waals surface area contributed by atoms with Crippen LogP contribution in [0.3, 0.4) is 0 Å². The Balaban J connectivity index is 2.56.